The van der Waals surface area contributed by atoms with Gasteiger partial charge in [-0.05, 0) is 20.8 Å². The number of alkyl carbamates (subject to hydrolysis) is 1. The number of carbonyl (C=O) groups excluding carboxylic acids is 2. The molecule has 0 unspecified atom stereocenters. The van der Waals surface area contributed by atoms with Crippen LogP contribution in [-0.2, 0) is 14.0 Å². The zero-order chi connectivity index (χ0) is 20.6. The number of hydrogen-bond donors (Lipinski definition) is 4. The van der Waals surface area contributed by atoms with Gasteiger partial charge in [0.15, 0.2) is 0 Å². The van der Waals surface area contributed by atoms with Gasteiger partial charge in [0.25, 0.3) is 0 Å². The molecule has 2 rings (SSSR count). The van der Waals surface area contributed by atoms with Crippen molar-refractivity contribution in [2.75, 3.05) is 21.1 Å². The molecule has 0 aliphatic rings. The van der Waals surface area contributed by atoms with Gasteiger partial charge in [-0.3, -0.25) is 0 Å². The molecule has 2 amide bonds. The van der Waals surface area contributed by atoms with Crippen LogP contribution in [0.2, 0.25) is 0 Å². The van der Waals surface area contributed by atoms with Gasteiger partial charge in [0.1, 0.15) is 0 Å². The van der Waals surface area contributed by atoms with Crippen LogP contribution in [0.5, 0.6) is 0 Å². The number of nitrogens with zero attached hydrogens (tertiary/aromatic N) is 1. The molecule has 1 aromatic carbocycles. The van der Waals surface area contributed by atoms with Crippen LogP contribution in [0.15, 0.2) is 42.5 Å². The molecular weight excluding hydrogens is 473 g/mol. The number of para-hydroxylation sites is 1. The van der Waals surface area contributed by atoms with Crippen LogP contribution >= 0.6 is 0 Å². The van der Waals surface area contributed by atoms with E-state index >= 15 is 0 Å². The normalized spacial score (nSPS) is 11.0. The zero-order valence-corrected chi connectivity index (χ0v) is 18.2. The van der Waals surface area contributed by atoms with Crippen molar-refractivity contribution >= 4 is 29.3 Å². The van der Waals surface area contributed by atoms with Gasteiger partial charge in [-0.1, -0.05) is 0 Å². The summed E-state index contributed by atoms with van der Waals surface area (Å²) in [5, 5.41) is 5.00. The molecule has 0 aliphatic carbocycles. The van der Waals surface area contributed by atoms with Gasteiger partial charge in [0.05, 0.1) is 0 Å². The number of nitrogens with two attached hydrogens (primary N) is 1. The van der Waals surface area contributed by atoms with Gasteiger partial charge in [0, 0.05) is 0 Å². The van der Waals surface area contributed by atoms with E-state index in [0.29, 0.717) is 11.6 Å². The Morgan fingerprint density at radius 2 is 1.86 bits per heavy atom. The number of halogens is 1. The molecule has 2 aromatic rings. The minimum absolute atomic E-state index is 0.218. The molecule has 1 aromatic heterocycles. The van der Waals surface area contributed by atoms with Crippen molar-refractivity contribution in [1.82, 2.24) is 10.3 Å². The molecule has 28 heavy (non-hydrogen) atoms. The molecule has 0 spiro atoms. The van der Waals surface area contributed by atoms with Gasteiger partial charge in [-0.2, -0.15) is 0 Å². The van der Waals surface area contributed by atoms with E-state index in [0.717, 1.165) is 15.7 Å². The Kier molecular flexibility index (Phi) is 7.85. The number of nitrogen functional groups attached to an aromatic ring is 1. The van der Waals surface area contributed by atoms with E-state index in [4.69, 9.17) is 10.5 Å². The quantitative estimate of drug-likeness (QED) is 0.238. The second kappa shape index (κ2) is 10.1. The summed E-state index contributed by atoms with van der Waals surface area (Å²) in [4.78, 5) is 27.7. The second-order valence-corrected chi connectivity index (χ2v) is 8.94. The van der Waals surface area contributed by atoms with Gasteiger partial charge >= 0.3 is 155 Å². The predicted octanol–water partition coefficient (Wildman–Crippen LogP) is -0.257. The SMILES string of the molecule is CC(C)(C)OC(=O)NCC(=O)Nc1ccc(C[I-]Nc2ccccc2)c(N)n1. The van der Waals surface area contributed by atoms with Crippen molar-refractivity contribution in [1.29, 1.82) is 0 Å². The molecule has 8 nitrogen and oxygen atoms in total. The number of alkyl halides is 1. The first kappa shape index (κ1) is 21.7. The molecular formula is C19H25IN5O3-. The summed E-state index contributed by atoms with van der Waals surface area (Å²) in [6.07, 6.45) is -0.652. The van der Waals surface area contributed by atoms with Crippen molar-refractivity contribution in [2.24, 2.45) is 0 Å². The number of rotatable bonds is 7. The van der Waals surface area contributed by atoms with Crippen LogP contribution in [0.1, 0.15) is 26.3 Å². The maximum absolute atomic E-state index is 11.9. The molecule has 0 saturated carbocycles. The number of nitrogens with one attached hydrogen (secondary N) is 3. The van der Waals surface area contributed by atoms with Crippen molar-refractivity contribution in [2.45, 2.75) is 30.8 Å². The van der Waals surface area contributed by atoms with E-state index in [2.05, 4.69) is 19.1 Å². The van der Waals surface area contributed by atoms with Crippen LogP contribution in [0, 0.1) is 0 Å². The minimum atomic E-state index is -0.652. The number of aromatic nitrogens is 1. The fraction of sp³-hybridized carbons (Fsp3) is 0.316. The van der Waals surface area contributed by atoms with Gasteiger partial charge in [-0.25, -0.2) is 0 Å². The molecule has 0 aliphatic heterocycles. The standard InChI is InChI=1S/C19H25IN5O3/c1-19(2,3)28-18(27)22-12-16(26)23-15-10-9-13(17(21)24-15)11-20-25-14-7-5-4-6-8-14/h4-10,25H,11-12H2,1-3H3,(H,22,27)(H3,21,23,24,26)/q-1. The molecule has 0 atom stereocenters. The number of hydrogen-bond acceptors (Lipinski definition) is 6. The van der Waals surface area contributed by atoms with E-state index in [-0.39, 0.29) is 28.0 Å². The van der Waals surface area contributed by atoms with Gasteiger partial charge in [0.2, 0.25) is 0 Å². The number of anilines is 3. The Morgan fingerprint density at radius 3 is 2.50 bits per heavy atom. The van der Waals surface area contributed by atoms with Crippen molar-refractivity contribution in [3.8, 4) is 0 Å². The topological polar surface area (TPSA) is 118 Å². The molecule has 5 N–H and O–H groups in total. The van der Waals surface area contributed by atoms with Crippen molar-refractivity contribution in [3.63, 3.8) is 0 Å². The summed E-state index contributed by atoms with van der Waals surface area (Å²) in [6, 6.07) is 13.5. The fourth-order valence-electron chi connectivity index (χ4n) is 2.02. The summed E-state index contributed by atoms with van der Waals surface area (Å²) in [5.41, 5.74) is 7.40. The summed E-state index contributed by atoms with van der Waals surface area (Å²) in [6.45, 7) is 5.03. The zero-order valence-electron chi connectivity index (χ0n) is 16.1. The van der Waals surface area contributed by atoms with Crippen LogP contribution < -0.4 is 41.4 Å². The van der Waals surface area contributed by atoms with E-state index in [9.17, 15) is 9.59 Å². The first-order valence-electron chi connectivity index (χ1n) is 8.64. The summed E-state index contributed by atoms with van der Waals surface area (Å²) < 4.78 is 9.30. The number of amides is 2. The molecule has 152 valence electrons. The predicted molar refractivity (Wildman–Crippen MR) is 105 cm³/mol. The first-order chi connectivity index (χ1) is 13.2. The van der Waals surface area contributed by atoms with Gasteiger partial charge in [-0.15, -0.1) is 0 Å². The van der Waals surface area contributed by atoms with Crippen LogP contribution in [0.4, 0.5) is 22.1 Å². The first-order valence-corrected chi connectivity index (χ1v) is 11.2. The Labute approximate surface area is 175 Å². The third-order valence-corrected chi connectivity index (χ3v) is 5.44. The number of benzene rings is 1. The summed E-state index contributed by atoms with van der Waals surface area (Å²) >= 11 is -0.321. The Balaban J connectivity index is 1.79. The molecule has 1 heterocycles. The van der Waals surface area contributed by atoms with Crippen molar-refractivity contribution in [3.05, 3.63) is 48.0 Å². The average Bonchev–Trinajstić information content (AvgIpc) is 2.61. The van der Waals surface area contributed by atoms with Crippen LogP contribution in [0.25, 0.3) is 0 Å². The van der Waals surface area contributed by atoms with Gasteiger partial charge < -0.3 is 0 Å². The van der Waals surface area contributed by atoms with E-state index in [1.54, 1.807) is 26.8 Å². The Bertz CT molecular complexity index is 809. The molecule has 0 saturated heterocycles. The molecule has 0 bridgehead atoms. The summed E-state index contributed by atoms with van der Waals surface area (Å²) in [7, 11) is 0. The van der Waals surface area contributed by atoms with E-state index in [1.807, 2.05) is 36.4 Å². The molecule has 9 heteroatoms. The third kappa shape index (κ3) is 7.99. The third-order valence-electron chi connectivity index (χ3n) is 3.23. The molecule has 0 fully saturated rings. The van der Waals surface area contributed by atoms with E-state index < -0.39 is 17.6 Å². The second-order valence-electron chi connectivity index (χ2n) is 6.87. The van der Waals surface area contributed by atoms with Crippen molar-refractivity contribution < 1.29 is 35.8 Å². The monoisotopic (exact) mass is 498 g/mol. The average molecular weight is 498 g/mol. The Hall–Kier alpha value is -2.56. The number of pyridine rings is 1. The van der Waals surface area contributed by atoms with Crippen LogP contribution in [0.3, 0.4) is 0 Å². The maximum atomic E-state index is 11.9. The fourth-order valence-corrected chi connectivity index (χ4v) is 4.07. The summed E-state index contributed by atoms with van der Waals surface area (Å²) in [5.74, 6) is 0.308. The van der Waals surface area contributed by atoms with E-state index in [1.165, 1.54) is 0 Å². The number of carbonyl (C=O) groups is 2. The number of ether oxygens (including phenoxy) is 1. The van der Waals surface area contributed by atoms with Crippen LogP contribution in [-0.4, -0.2) is 29.1 Å². The Morgan fingerprint density at radius 1 is 1.14 bits per heavy atom. The molecule has 0 radical (unpaired) electrons.